The molecule has 0 aromatic carbocycles. The van der Waals surface area contributed by atoms with E-state index < -0.39 is 48.1 Å². The Bertz CT molecular complexity index is 570. The van der Waals surface area contributed by atoms with Crippen molar-refractivity contribution in [2.24, 2.45) is 5.92 Å². The topological polar surface area (TPSA) is 55.1 Å². The van der Waals surface area contributed by atoms with Crippen molar-refractivity contribution in [3.8, 4) is 0 Å². The van der Waals surface area contributed by atoms with E-state index in [1.165, 1.54) is 0 Å². The van der Waals surface area contributed by atoms with Crippen LogP contribution < -0.4 is 0 Å². The highest BCUT2D eigenvalue weighted by Gasteiger charge is 2.59. The van der Waals surface area contributed by atoms with Crippen molar-refractivity contribution < 1.29 is 27.5 Å². The average molecular weight is 292 g/mol. The fourth-order valence-corrected chi connectivity index (χ4v) is 3.53. The third kappa shape index (κ3) is 1.66. The molecular formula is C12H12F4N2O2. The molecule has 1 aromatic rings. The van der Waals surface area contributed by atoms with Gasteiger partial charge in [-0.25, -0.2) is 8.78 Å². The van der Waals surface area contributed by atoms with E-state index in [4.69, 9.17) is 5.11 Å². The van der Waals surface area contributed by atoms with Crippen LogP contribution in [0.15, 0.2) is 0 Å². The van der Waals surface area contributed by atoms with Crippen LogP contribution >= 0.6 is 0 Å². The van der Waals surface area contributed by atoms with Crippen LogP contribution in [0.5, 0.6) is 0 Å². The maximum absolute atomic E-state index is 14.4. The van der Waals surface area contributed by atoms with Crippen LogP contribution in [0.1, 0.15) is 48.6 Å². The Morgan fingerprint density at radius 2 is 2.15 bits per heavy atom. The summed E-state index contributed by atoms with van der Waals surface area (Å²) in [7, 11) is 0. The van der Waals surface area contributed by atoms with Crippen LogP contribution in [0, 0.1) is 5.92 Å². The molecule has 0 radical (unpaired) electrons. The quantitative estimate of drug-likeness (QED) is 0.871. The fraction of sp³-hybridized carbons (Fsp3) is 0.667. The van der Waals surface area contributed by atoms with Gasteiger partial charge in [0.05, 0.1) is 0 Å². The first-order chi connectivity index (χ1) is 9.34. The number of carboxylic acid groups (broad SMARTS) is 1. The maximum Gasteiger partial charge on any atom is 0.325 e. The van der Waals surface area contributed by atoms with Gasteiger partial charge in [0, 0.05) is 11.5 Å². The zero-order chi connectivity index (χ0) is 14.7. The van der Waals surface area contributed by atoms with Gasteiger partial charge in [-0.3, -0.25) is 9.48 Å². The Balaban J connectivity index is 2.19. The molecule has 0 spiro atoms. The standard InChI is InChI=1S/C12H12F4N2O2/c13-11(14)9-8-5-2-1-3-6(5)12(15,16)10(8)18(17-9)4-7(19)20/h5-6,11H,1-4H2,(H,19,20)/t5-,6-/m0/s1. The van der Waals surface area contributed by atoms with Crippen molar-refractivity contribution in [3.05, 3.63) is 17.0 Å². The Labute approximate surface area is 111 Å². The summed E-state index contributed by atoms with van der Waals surface area (Å²) in [5.41, 5.74) is -1.42. The Hall–Kier alpha value is -1.60. The molecule has 1 fully saturated rings. The molecule has 2 aliphatic rings. The highest BCUT2D eigenvalue weighted by atomic mass is 19.3. The molecule has 0 amide bonds. The van der Waals surface area contributed by atoms with Gasteiger partial charge < -0.3 is 5.11 Å². The third-order valence-electron chi connectivity index (χ3n) is 4.18. The summed E-state index contributed by atoms with van der Waals surface area (Å²) in [6.45, 7) is -0.829. The first kappa shape index (κ1) is 13.4. The summed E-state index contributed by atoms with van der Waals surface area (Å²) >= 11 is 0. The van der Waals surface area contributed by atoms with E-state index in [-0.39, 0.29) is 12.0 Å². The largest absolute Gasteiger partial charge is 0.480 e. The van der Waals surface area contributed by atoms with E-state index in [0.717, 1.165) is 0 Å². The van der Waals surface area contributed by atoms with Gasteiger partial charge in [0.15, 0.2) is 0 Å². The van der Waals surface area contributed by atoms with Crippen LogP contribution in [0.4, 0.5) is 17.6 Å². The van der Waals surface area contributed by atoms with Gasteiger partial charge in [-0.05, 0) is 18.8 Å². The lowest BCUT2D eigenvalue weighted by molar-refractivity contribution is -0.138. The summed E-state index contributed by atoms with van der Waals surface area (Å²) in [4.78, 5) is 10.7. The normalized spacial score (nSPS) is 26.9. The zero-order valence-corrected chi connectivity index (χ0v) is 10.3. The number of alkyl halides is 4. The van der Waals surface area contributed by atoms with E-state index in [2.05, 4.69) is 5.10 Å². The number of aliphatic carboxylic acids is 1. The summed E-state index contributed by atoms with van der Waals surface area (Å²) in [6.07, 6.45) is -1.72. The lowest BCUT2D eigenvalue weighted by Gasteiger charge is -2.20. The van der Waals surface area contributed by atoms with Crippen molar-refractivity contribution >= 4 is 5.97 Å². The summed E-state index contributed by atoms with van der Waals surface area (Å²) < 4.78 is 55.3. The number of hydrogen-bond acceptors (Lipinski definition) is 2. The minimum atomic E-state index is -3.29. The van der Waals surface area contributed by atoms with E-state index in [1.54, 1.807) is 0 Å². The zero-order valence-electron chi connectivity index (χ0n) is 10.3. The number of carboxylic acids is 1. The number of aromatic nitrogens is 2. The van der Waals surface area contributed by atoms with Crippen molar-refractivity contribution in [1.29, 1.82) is 0 Å². The predicted octanol–water partition coefficient (Wildman–Crippen LogP) is 2.89. The molecule has 1 aromatic heterocycles. The van der Waals surface area contributed by atoms with Crippen LogP contribution in [-0.4, -0.2) is 20.9 Å². The monoisotopic (exact) mass is 292 g/mol. The number of fused-ring (bicyclic) bond motifs is 3. The van der Waals surface area contributed by atoms with Gasteiger partial charge >= 0.3 is 5.97 Å². The first-order valence-corrected chi connectivity index (χ1v) is 6.32. The van der Waals surface area contributed by atoms with E-state index >= 15 is 0 Å². The second-order valence-electron chi connectivity index (χ2n) is 5.27. The van der Waals surface area contributed by atoms with Gasteiger partial charge in [0.1, 0.15) is 17.9 Å². The number of hydrogen-bond donors (Lipinski definition) is 1. The Morgan fingerprint density at radius 1 is 1.45 bits per heavy atom. The SMILES string of the molecule is O=C(O)Cn1nc(C(F)F)c2c1C(F)(F)[C@H]1CCC[C@H]21. The molecule has 1 N–H and O–H groups in total. The first-order valence-electron chi connectivity index (χ1n) is 6.32. The van der Waals surface area contributed by atoms with E-state index in [1.807, 2.05) is 0 Å². The van der Waals surface area contributed by atoms with Crippen LogP contribution in [0.3, 0.4) is 0 Å². The lowest BCUT2D eigenvalue weighted by atomic mass is 9.94. The minimum Gasteiger partial charge on any atom is -0.480 e. The molecule has 0 saturated heterocycles. The van der Waals surface area contributed by atoms with E-state index in [9.17, 15) is 22.4 Å². The summed E-state index contributed by atoms with van der Waals surface area (Å²) in [5, 5.41) is 12.2. The van der Waals surface area contributed by atoms with Crippen LogP contribution in [0.25, 0.3) is 0 Å². The smallest absolute Gasteiger partial charge is 0.325 e. The fourth-order valence-electron chi connectivity index (χ4n) is 3.53. The predicted molar refractivity (Wildman–Crippen MR) is 58.8 cm³/mol. The second-order valence-corrected chi connectivity index (χ2v) is 5.27. The van der Waals surface area contributed by atoms with Crippen LogP contribution in [0.2, 0.25) is 0 Å². The molecule has 1 saturated carbocycles. The van der Waals surface area contributed by atoms with Gasteiger partial charge in [0.2, 0.25) is 0 Å². The number of rotatable bonds is 3. The second kappa shape index (κ2) is 4.20. The highest BCUT2D eigenvalue weighted by Crippen LogP contribution is 2.61. The molecule has 0 bridgehead atoms. The molecule has 20 heavy (non-hydrogen) atoms. The van der Waals surface area contributed by atoms with Crippen molar-refractivity contribution in [2.75, 3.05) is 0 Å². The number of halogens is 4. The minimum absolute atomic E-state index is 0.117. The maximum atomic E-state index is 14.4. The Morgan fingerprint density at radius 3 is 2.75 bits per heavy atom. The molecule has 1 heterocycles. The van der Waals surface area contributed by atoms with Crippen molar-refractivity contribution in [1.82, 2.24) is 9.78 Å². The molecule has 2 atom stereocenters. The Kier molecular flexibility index (Phi) is 2.81. The number of nitrogens with zero attached hydrogens (tertiary/aromatic N) is 2. The molecule has 2 aliphatic carbocycles. The van der Waals surface area contributed by atoms with Gasteiger partial charge in [-0.2, -0.15) is 13.9 Å². The van der Waals surface area contributed by atoms with Crippen molar-refractivity contribution in [3.63, 3.8) is 0 Å². The summed E-state index contributed by atoms with van der Waals surface area (Å²) in [5.74, 6) is -6.31. The molecule has 4 nitrogen and oxygen atoms in total. The molecule has 0 unspecified atom stereocenters. The van der Waals surface area contributed by atoms with Gasteiger partial charge in [0.25, 0.3) is 12.3 Å². The van der Waals surface area contributed by atoms with Gasteiger partial charge in [-0.1, -0.05) is 6.42 Å². The van der Waals surface area contributed by atoms with Crippen LogP contribution in [-0.2, 0) is 17.3 Å². The molecular weight excluding hydrogens is 280 g/mol. The average Bonchev–Trinajstić information content (AvgIpc) is 2.94. The van der Waals surface area contributed by atoms with E-state index in [0.29, 0.717) is 17.5 Å². The lowest BCUT2D eigenvalue weighted by Crippen LogP contribution is -2.26. The van der Waals surface area contributed by atoms with Gasteiger partial charge in [-0.15, -0.1) is 0 Å². The molecule has 8 heteroatoms. The van der Waals surface area contributed by atoms with Crippen molar-refractivity contribution in [2.45, 2.75) is 44.1 Å². The molecule has 0 aliphatic heterocycles. The highest BCUT2D eigenvalue weighted by molar-refractivity contribution is 5.66. The molecule has 110 valence electrons. The third-order valence-corrected chi connectivity index (χ3v) is 4.18. The molecule has 3 rings (SSSR count). The summed E-state index contributed by atoms with van der Waals surface area (Å²) in [6, 6.07) is 0. The number of carbonyl (C=O) groups is 1.